The van der Waals surface area contributed by atoms with Crippen molar-refractivity contribution in [2.75, 3.05) is 0 Å². The van der Waals surface area contributed by atoms with E-state index < -0.39 is 11.7 Å². The Morgan fingerprint density at radius 1 is 0.931 bits per heavy atom. The summed E-state index contributed by atoms with van der Waals surface area (Å²) in [5.74, 6) is 0. The molecule has 2 heterocycles. The van der Waals surface area contributed by atoms with Gasteiger partial charge in [0.05, 0.1) is 18.3 Å². The average Bonchev–Trinajstić information content (AvgIpc) is 3.15. The highest BCUT2D eigenvalue weighted by Crippen LogP contribution is 2.29. The minimum absolute atomic E-state index is 0.262. The smallest absolute Gasteiger partial charge is 0.326 e. The number of nitrogens with zero attached hydrogens (tertiary/aromatic N) is 3. The van der Waals surface area contributed by atoms with E-state index in [-0.39, 0.29) is 6.04 Å². The van der Waals surface area contributed by atoms with Crippen molar-refractivity contribution in [2.45, 2.75) is 25.2 Å². The molecule has 0 saturated heterocycles. The van der Waals surface area contributed by atoms with Gasteiger partial charge in [-0.05, 0) is 47.2 Å². The molecule has 0 aliphatic rings. The fourth-order valence-electron chi connectivity index (χ4n) is 3.31. The topological polar surface area (TPSA) is 56.7 Å². The number of pyridine rings is 1. The van der Waals surface area contributed by atoms with Gasteiger partial charge < -0.3 is 5.73 Å². The highest BCUT2D eigenvalue weighted by Gasteiger charge is 2.29. The molecule has 29 heavy (non-hydrogen) atoms. The van der Waals surface area contributed by atoms with Gasteiger partial charge in [0.25, 0.3) is 0 Å². The van der Waals surface area contributed by atoms with Gasteiger partial charge in [0.2, 0.25) is 0 Å². The molecule has 0 aliphatic heterocycles. The lowest BCUT2D eigenvalue weighted by atomic mass is 10.0. The normalized spacial score (nSPS) is 13.0. The summed E-state index contributed by atoms with van der Waals surface area (Å²) in [5, 5.41) is 6.55. The quantitative estimate of drug-likeness (QED) is 0.533. The number of benzene rings is 2. The molecule has 0 amide bonds. The molecular weight excluding hydrogens is 377 g/mol. The molecule has 0 saturated carbocycles. The molecule has 0 fully saturated rings. The van der Waals surface area contributed by atoms with Crippen LogP contribution in [0.2, 0.25) is 0 Å². The maximum Gasteiger partial charge on any atom is 0.416 e. The molecule has 4 nitrogen and oxygen atoms in total. The Hall–Kier alpha value is -3.19. The predicted octanol–water partition coefficient (Wildman–Crippen LogP) is 4.69. The zero-order chi connectivity index (χ0) is 20.4. The van der Waals surface area contributed by atoms with Crippen molar-refractivity contribution in [2.24, 2.45) is 5.73 Å². The van der Waals surface area contributed by atoms with E-state index in [1.54, 1.807) is 17.1 Å². The molecular formula is C22H19F3N4. The van der Waals surface area contributed by atoms with E-state index in [1.807, 2.05) is 30.6 Å². The Labute approximate surface area is 165 Å². The van der Waals surface area contributed by atoms with Crippen molar-refractivity contribution < 1.29 is 13.2 Å². The van der Waals surface area contributed by atoms with E-state index in [0.29, 0.717) is 13.0 Å². The first kappa shape index (κ1) is 19.1. The number of aromatic nitrogens is 3. The van der Waals surface area contributed by atoms with Crippen LogP contribution in [-0.2, 0) is 19.1 Å². The molecule has 0 bridgehead atoms. The van der Waals surface area contributed by atoms with Gasteiger partial charge in [-0.1, -0.05) is 24.3 Å². The third-order valence-electron chi connectivity index (χ3n) is 4.81. The van der Waals surface area contributed by atoms with Crippen LogP contribution in [0.3, 0.4) is 0 Å². The van der Waals surface area contributed by atoms with E-state index in [4.69, 9.17) is 5.73 Å². The first-order valence-corrected chi connectivity index (χ1v) is 9.17. The van der Waals surface area contributed by atoms with Crippen molar-refractivity contribution in [3.05, 3.63) is 84.4 Å². The minimum atomic E-state index is -4.33. The lowest BCUT2D eigenvalue weighted by molar-refractivity contribution is -0.137. The van der Waals surface area contributed by atoms with Crippen LogP contribution >= 0.6 is 0 Å². The van der Waals surface area contributed by atoms with Crippen molar-refractivity contribution >= 4 is 10.8 Å². The molecule has 0 radical (unpaired) electrons. The van der Waals surface area contributed by atoms with Crippen LogP contribution in [0.4, 0.5) is 13.2 Å². The first-order chi connectivity index (χ1) is 13.9. The van der Waals surface area contributed by atoms with Crippen molar-refractivity contribution in [3.63, 3.8) is 0 Å². The van der Waals surface area contributed by atoms with E-state index in [9.17, 15) is 13.2 Å². The fourth-order valence-corrected chi connectivity index (χ4v) is 3.31. The van der Waals surface area contributed by atoms with Gasteiger partial charge in [-0.15, -0.1) is 0 Å². The summed E-state index contributed by atoms with van der Waals surface area (Å²) >= 11 is 0. The summed E-state index contributed by atoms with van der Waals surface area (Å²) in [6.45, 7) is 0.471. The van der Waals surface area contributed by atoms with Crippen LogP contribution < -0.4 is 5.73 Å². The molecule has 0 aliphatic carbocycles. The minimum Gasteiger partial charge on any atom is -0.326 e. The molecule has 148 valence electrons. The number of halogens is 3. The van der Waals surface area contributed by atoms with Gasteiger partial charge in [0.15, 0.2) is 0 Å². The van der Waals surface area contributed by atoms with Crippen LogP contribution in [0, 0.1) is 0 Å². The van der Waals surface area contributed by atoms with E-state index in [0.717, 1.165) is 39.6 Å². The lowest BCUT2D eigenvalue weighted by Gasteiger charge is -2.13. The number of rotatable bonds is 5. The van der Waals surface area contributed by atoms with Crippen molar-refractivity contribution in [1.82, 2.24) is 14.8 Å². The second kappa shape index (κ2) is 7.67. The van der Waals surface area contributed by atoms with Crippen LogP contribution in [0.5, 0.6) is 0 Å². The zero-order valence-corrected chi connectivity index (χ0v) is 15.5. The molecule has 2 aromatic carbocycles. The number of nitrogens with two attached hydrogens (primary N) is 1. The molecule has 2 aromatic heterocycles. The zero-order valence-electron chi connectivity index (χ0n) is 15.5. The van der Waals surface area contributed by atoms with Crippen molar-refractivity contribution in [3.8, 4) is 11.1 Å². The second-order valence-corrected chi connectivity index (χ2v) is 7.05. The van der Waals surface area contributed by atoms with Crippen molar-refractivity contribution in [1.29, 1.82) is 0 Å². The molecule has 1 unspecified atom stereocenters. The summed E-state index contributed by atoms with van der Waals surface area (Å²) < 4.78 is 39.7. The van der Waals surface area contributed by atoms with Crippen LogP contribution in [0.15, 0.2) is 73.3 Å². The van der Waals surface area contributed by atoms with Gasteiger partial charge in [0, 0.05) is 35.6 Å². The number of hydrogen-bond acceptors (Lipinski definition) is 3. The Balaban J connectivity index is 1.43. The van der Waals surface area contributed by atoms with Gasteiger partial charge in [-0.3, -0.25) is 9.67 Å². The lowest BCUT2D eigenvalue weighted by Crippen LogP contribution is -2.28. The third kappa shape index (κ3) is 4.46. The first-order valence-electron chi connectivity index (χ1n) is 9.17. The van der Waals surface area contributed by atoms with E-state index in [2.05, 4.69) is 16.1 Å². The molecule has 2 N–H and O–H groups in total. The Kier molecular flexibility index (Phi) is 5.07. The summed E-state index contributed by atoms with van der Waals surface area (Å²) in [4.78, 5) is 4.12. The molecule has 4 aromatic rings. The molecule has 1 atom stereocenters. The van der Waals surface area contributed by atoms with Gasteiger partial charge in [0.1, 0.15) is 0 Å². The van der Waals surface area contributed by atoms with E-state index >= 15 is 0 Å². The summed E-state index contributed by atoms with van der Waals surface area (Å²) in [6, 6.07) is 12.9. The Morgan fingerprint density at radius 2 is 1.72 bits per heavy atom. The Morgan fingerprint density at radius 3 is 2.48 bits per heavy atom. The van der Waals surface area contributed by atoms with E-state index in [1.165, 1.54) is 12.1 Å². The summed E-state index contributed by atoms with van der Waals surface area (Å²) in [6.07, 6.45) is 3.43. The monoisotopic (exact) mass is 396 g/mol. The molecule has 0 spiro atoms. The fraction of sp³-hybridized carbons (Fsp3) is 0.182. The highest BCUT2D eigenvalue weighted by molar-refractivity contribution is 5.86. The number of hydrogen-bond donors (Lipinski definition) is 1. The van der Waals surface area contributed by atoms with Crippen LogP contribution in [0.1, 0.15) is 11.1 Å². The Bertz CT molecular complexity index is 1120. The number of fused-ring (bicyclic) bond motifs is 1. The van der Waals surface area contributed by atoms with Crippen LogP contribution in [-0.4, -0.2) is 20.8 Å². The molecule has 4 rings (SSSR count). The number of alkyl halides is 3. The average molecular weight is 396 g/mol. The SMILES string of the molecule is NC(Cc1ccc(C(F)(F)F)cc1)Cn1cc(-c2ccc3cnccc3c2)cn1. The maximum absolute atomic E-state index is 12.7. The standard InChI is InChI=1S/C22H19F3N4/c23-22(24,25)20-5-1-15(2-6-20)9-21(26)14-29-13-19(12-28-29)16-3-4-18-11-27-8-7-17(18)10-16/h1-8,10-13,21H,9,14,26H2. The predicted molar refractivity (Wildman–Crippen MR) is 106 cm³/mol. The van der Waals surface area contributed by atoms with Gasteiger partial charge in [-0.2, -0.15) is 18.3 Å². The van der Waals surface area contributed by atoms with Gasteiger partial charge in [-0.25, -0.2) is 0 Å². The largest absolute Gasteiger partial charge is 0.416 e. The summed E-state index contributed by atoms with van der Waals surface area (Å²) in [5.41, 5.74) is 8.33. The third-order valence-corrected chi connectivity index (χ3v) is 4.81. The highest BCUT2D eigenvalue weighted by atomic mass is 19.4. The molecule has 7 heteroatoms. The second-order valence-electron chi connectivity index (χ2n) is 7.05. The maximum atomic E-state index is 12.7. The van der Waals surface area contributed by atoms with Crippen LogP contribution in [0.25, 0.3) is 21.9 Å². The van der Waals surface area contributed by atoms with Gasteiger partial charge >= 0.3 is 6.18 Å². The summed E-state index contributed by atoms with van der Waals surface area (Å²) in [7, 11) is 0.